The van der Waals surface area contributed by atoms with E-state index in [9.17, 15) is 0 Å². The van der Waals surface area contributed by atoms with Crippen LogP contribution >= 0.6 is 23.2 Å². The summed E-state index contributed by atoms with van der Waals surface area (Å²) in [6.45, 7) is 4.14. The van der Waals surface area contributed by atoms with Crippen molar-refractivity contribution in [2.75, 3.05) is 5.50 Å². The summed E-state index contributed by atoms with van der Waals surface area (Å²) in [5, 5.41) is 0.692. The third-order valence-corrected chi connectivity index (χ3v) is 5.11. The van der Waals surface area contributed by atoms with Crippen molar-refractivity contribution in [2.45, 2.75) is 13.1 Å². The fourth-order valence-corrected chi connectivity index (χ4v) is 2.04. The normalized spacial score (nSPS) is 11.4. The van der Waals surface area contributed by atoms with E-state index < -0.39 is 8.32 Å². The zero-order valence-corrected chi connectivity index (χ0v) is 10.2. The Hall–Kier alpha value is -0.183. The van der Waals surface area contributed by atoms with E-state index in [2.05, 4.69) is 13.1 Å². The second-order valence-electron chi connectivity index (χ2n) is 3.45. The zero-order chi connectivity index (χ0) is 9.90. The van der Waals surface area contributed by atoms with E-state index in [-0.39, 0.29) is 0 Å². The Kier molecular flexibility index (Phi) is 3.65. The van der Waals surface area contributed by atoms with Gasteiger partial charge in [0.15, 0.2) is 0 Å². The van der Waals surface area contributed by atoms with Gasteiger partial charge in [0.1, 0.15) is 5.75 Å². The summed E-state index contributed by atoms with van der Waals surface area (Å²) in [6.07, 6.45) is 0. The van der Waals surface area contributed by atoms with Crippen molar-refractivity contribution in [3.05, 3.63) is 29.3 Å². The van der Waals surface area contributed by atoms with Gasteiger partial charge >= 0.3 is 0 Å². The molecule has 0 fully saturated rings. The SMILES string of the molecule is C[Si](C)(CCl)Oc1cccc(Cl)c1. The van der Waals surface area contributed by atoms with Crippen molar-refractivity contribution >= 4 is 31.5 Å². The second-order valence-corrected chi connectivity index (χ2v) is 8.68. The number of hydrogen-bond acceptors (Lipinski definition) is 1. The largest absolute Gasteiger partial charge is 0.543 e. The summed E-state index contributed by atoms with van der Waals surface area (Å²) in [5.74, 6) is 0.810. The van der Waals surface area contributed by atoms with Crippen LogP contribution in [-0.4, -0.2) is 13.8 Å². The average Bonchev–Trinajstić information content (AvgIpc) is 2.03. The number of benzene rings is 1. The van der Waals surface area contributed by atoms with Crippen molar-refractivity contribution in [1.82, 2.24) is 0 Å². The first kappa shape index (κ1) is 10.9. The number of halogens is 2. The van der Waals surface area contributed by atoms with E-state index in [1.165, 1.54) is 0 Å². The molecule has 1 nitrogen and oxygen atoms in total. The predicted molar refractivity (Wildman–Crippen MR) is 60.3 cm³/mol. The Morgan fingerprint density at radius 3 is 2.62 bits per heavy atom. The van der Waals surface area contributed by atoms with Crippen molar-refractivity contribution < 1.29 is 4.43 Å². The number of hydrogen-bond donors (Lipinski definition) is 0. The standard InChI is InChI=1S/C9H12Cl2OSi/c1-13(2,7-10)12-9-5-3-4-8(11)6-9/h3-6H,7H2,1-2H3. The Morgan fingerprint density at radius 2 is 2.08 bits per heavy atom. The van der Waals surface area contributed by atoms with Crippen molar-refractivity contribution in [3.63, 3.8) is 0 Å². The molecule has 0 unspecified atom stereocenters. The van der Waals surface area contributed by atoms with Gasteiger partial charge in [-0.2, -0.15) is 0 Å². The van der Waals surface area contributed by atoms with Crippen molar-refractivity contribution in [1.29, 1.82) is 0 Å². The molecule has 0 bridgehead atoms. The Balaban J connectivity index is 2.74. The molecule has 0 aliphatic heterocycles. The molecular weight excluding hydrogens is 223 g/mol. The summed E-state index contributed by atoms with van der Waals surface area (Å²) in [5.41, 5.74) is 0.583. The van der Waals surface area contributed by atoms with Crippen molar-refractivity contribution in [3.8, 4) is 5.75 Å². The van der Waals surface area contributed by atoms with Crippen LogP contribution in [0.4, 0.5) is 0 Å². The van der Waals surface area contributed by atoms with Crippen LogP contribution < -0.4 is 4.43 Å². The van der Waals surface area contributed by atoms with Crippen LogP contribution in [0.2, 0.25) is 18.1 Å². The summed E-state index contributed by atoms with van der Waals surface area (Å²) in [7, 11) is -1.73. The average molecular weight is 235 g/mol. The van der Waals surface area contributed by atoms with Gasteiger partial charge in [0.25, 0.3) is 8.32 Å². The number of alkyl halides is 1. The van der Waals surface area contributed by atoms with Gasteiger partial charge in [0.05, 0.1) is 5.50 Å². The Labute approximate surface area is 89.8 Å². The first-order valence-electron chi connectivity index (χ1n) is 4.04. The maximum atomic E-state index is 5.82. The van der Waals surface area contributed by atoms with Crippen LogP contribution in [0, 0.1) is 0 Å². The minimum absolute atomic E-state index is 0.583. The van der Waals surface area contributed by atoms with Gasteiger partial charge in [-0.05, 0) is 31.3 Å². The van der Waals surface area contributed by atoms with E-state index >= 15 is 0 Å². The van der Waals surface area contributed by atoms with Crippen LogP contribution in [0.25, 0.3) is 0 Å². The van der Waals surface area contributed by atoms with Crippen LogP contribution in [0.15, 0.2) is 24.3 Å². The highest BCUT2D eigenvalue weighted by atomic mass is 35.5. The van der Waals surface area contributed by atoms with E-state index in [4.69, 9.17) is 27.6 Å². The molecule has 0 saturated heterocycles. The van der Waals surface area contributed by atoms with E-state index in [0.29, 0.717) is 10.5 Å². The molecule has 0 heterocycles. The highest BCUT2D eigenvalue weighted by Crippen LogP contribution is 2.20. The number of rotatable bonds is 3. The van der Waals surface area contributed by atoms with Crippen molar-refractivity contribution in [2.24, 2.45) is 0 Å². The van der Waals surface area contributed by atoms with Crippen LogP contribution in [-0.2, 0) is 0 Å². The molecule has 4 heteroatoms. The Bertz CT molecular complexity index is 289. The molecule has 0 atom stereocenters. The molecule has 72 valence electrons. The van der Waals surface area contributed by atoms with Crippen LogP contribution in [0.3, 0.4) is 0 Å². The third kappa shape index (κ3) is 3.59. The zero-order valence-electron chi connectivity index (χ0n) is 7.68. The summed E-state index contributed by atoms with van der Waals surface area (Å²) >= 11 is 11.6. The molecule has 1 aromatic carbocycles. The quantitative estimate of drug-likeness (QED) is 0.573. The fourth-order valence-electron chi connectivity index (χ4n) is 0.877. The molecular formula is C9H12Cl2OSi. The lowest BCUT2D eigenvalue weighted by molar-refractivity contribution is 0.556. The molecule has 0 saturated carbocycles. The minimum atomic E-state index is -1.73. The highest BCUT2D eigenvalue weighted by molar-refractivity contribution is 6.78. The van der Waals surface area contributed by atoms with Gasteiger partial charge in [-0.3, -0.25) is 0 Å². The molecule has 0 aliphatic carbocycles. The molecule has 1 aromatic rings. The summed E-state index contributed by atoms with van der Waals surface area (Å²) < 4.78 is 5.75. The smallest absolute Gasteiger partial charge is 0.259 e. The third-order valence-electron chi connectivity index (χ3n) is 1.51. The maximum Gasteiger partial charge on any atom is 0.259 e. The molecule has 0 aromatic heterocycles. The summed E-state index contributed by atoms with van der Waals surface area (Å²) in [4.78, 5) is 0. The van der Waals surface area contributed by atoms with Gasteiger partial charge in [-0.1, -0.05) is 17.7 Å². The van der Waals surface area contributed by atoms with E-state index in [0.717, 1.165) is 5.75 Å². The Morgan fingerprint density at radius 1 is 1.38 bits per heavy atom. The van der Waals surface area contributed by atoms with Crippen LogP contribution in [0.1, 0.15) is 0 Å². The topological polar surface area (TPSA) is 9.23 Å². The monoisotopic (exact) mass is 234 g/mol. The van der Waals surface area contributed by atoms with Gasteiger partial charge in [-0.15, -0.1) is 11.6 Å². The first-order valence-corrected chi connectivity index (χ1v) is 8.07. The molecule has 0 spiro atoms. The lowest BCUT2D eigenvalue weighted by Crippen LogP contribution is -2.36. The van der Waals surface area contributed by atoms with E-state index in [1.807, 2.05) is 24.3 Å². The molecule has 1 rings (SSSR count). The first-order chi connectivity index (χ1) is 6.03. The van der Waals surface area contributed by atoms with E-state index in [1.54, 1.807) is 0 Å². The van der Waals surface area contributed by atoms with Gasteiger partial charge < -0.3 is 4.43 Å². The second kappa shape index (κ2) is 4.36. The lowest BCUT2D eigenvalue weighted by Gasteiger charge is -2.21. The maximum absolute atomic E-state index is 5.82. The van der Waals surface area contributed by atoms with Gasteiger partial charge in [0, 0.05) is 5.02 Å². The predicted octanol–water partition coefficient (Wildman–Crippen LogP) is 3.70. The van der Waals surface area contributed by atoms with Gasteiger partial charge in [-0.25, -0.2) is 0 Å². The lowest BCUT2D eigenvalue weighted by atomic mass is 10.3. The van der Waals surface area contributed by atoms with Gasteiger partial charge in [0.2, 0.25) is 0 Å². The molecule has 0 aliphatic rings. The molecule has 0 amide bonds. The fraction of sp³-hybridized carbons (Fsp3) is 0.333. The molecule has 0 radical (unpaired) electrons. The minimum Gasteiger partial charge on any atom is -0.543 e. The van der Waals surface area contributed by atoms with Crippen LogP contribution in [0.5, 0.6) is 5.75 Å². The molecule has 13 heavy (non-hydrogen) atoms. The summed E-state index contributed by atoms with van der Waals surface area (Å²) in [6, 6.07) is 7.40. The molecule has 0 N–H and O–H groups in total. The highest BCUT2D eigenvalue weighted by Gasteiger charge is 2.22.